The summed E-state index contributed by atoms with van der Waals surface area (Å²) in [5.74, 6) is 3.38. The minimum absolute atomic E-state index is 0.00182. The number of fused-ring (bicyclic) bond motifs is 1. The van der Waals surface area contributed by atoms with Gasteiger partial charge < -0.3 is 4.74 Å². The highest BCUT2D eigenvalue weighted by molar-refractivity contribution is 5.81. The monoisotopic (exact) mass is 495 g/mol. The first-order valence-electron chi connectivity index (χ1n) is 14.3. The molecule has 0 N–H and O–H groups in total. The van der Waals surface area contributed by atoms with Crippen LogP contribution in [0, 0.1) is 41.4 Å². The van der Waals surface area contributed by atoms with Crippen molar-refractivity contribution in [3.05, 3.63) is 30.6 Å². The summed E-state index contributed by atoms with van der Waals surface area (Å²) in [4.78, 5) is 26.7. The summed E-state index contributed by atoms with van der Waals surface area (Å²) in [5.41, 5.74) is 1.96. The van der Waals surface area contributed by atoms with Crippen LogP contribution in [0.4, 0.5) is 0 Å². The molecule has 4 rings (SSSR count). The maximum absolute atomic E-state index is 13.6. The van der Waals surface area contributed by atoms with E-state index in [4.69, 9.17) is 4.74 Å². The van der Waals surface area contributed by atoms with Crippen molar-refractivity contribution in [1.29, 1.82) is 0 Å². The molecule has 0 aliphatic heterocycles. The molecule has 0 bridgehead atoms. The van der Waals surface area contributed by atoms with E-state index in [1.165, 1.54) is 12.8 Å². The Bertz CT molecular complexity index is 1060. The average molecular weight is 496 g/mol. The zero-order chi connectivity index (χ0) is 26.0. The number of hydrogen-bond acceptors (Lipinski definition) is 3. The Morgan fingerprint density at radius 3 is 2.28 bits per heavy atom. The number of esters is 1. The Kier molecular flexibility index (Phi) is 8.57. The van der Waals surface area contributed by atoms with Gasteiger partial charge in [0.2, 0.25) is 6.33 Å². The summed E-state index contributed by atoms with van der Waals surface area (Å²) < 4.78 is 10.1. The number of ether oxygens (including phenoxy) is 1. The number of aromatic nitrogens is 2. The Hall–Kier alpha value is -2.17. The van der Waals surface area contributed by atoms with Crippen molar-refractivity contribution in [1.82, 2.24) is 4.57 Å². The van der Waals surface area contributed by atoms with Crippen molar-refractivity contribution in [2.24, 2.45) is 41.4 Å². The lowest BCUT2D eigenvalue weighted by Gasteiger charge is -2.36. The second-order valence-corrected chi connectivity index (χ2v) is 12.6. The number of imidazole rings is 1. The molecule has 2 aliphatic rings. The fraction of sp³-hybridized carbons (Fsp3) is 0.710. The first-order valence-corrected chi connectivity index (χ1v) is 14.3. The molecule has 6 atom stereocenters. The highest BCUT2D eigenvalue weighted by Crippen LogP contribution is 2.39. The predicted molar refractivity (Wildman–Crippen MR) is 143 cm³/mol. The molecule has 0 unspecified atom stereocenters. The summed E-state index contributed by atoms with van der Waals surface area (Å²) in [6, 6.07) is 8.07. The van der Waals surface area contributed by atoms with Crippen LogP contribution in [0.15, 0.2) is 30.6 Å². The van der Waals surface area contributed by atoms with Gasteiger partial charge in [0.1, 0.15) is 12.6 Å². The lowest BCUT2D eigenvalue weighted by molar-refractivity contribution is -0.659. The minimum Gasteiger partial charge on any atom is -0.459 e. The molecule has 198 valence electrons. The molecule has 2 aliphatic carbocycles. The van der Waals surface area contributed by atoms with Crippen LogP contribution < -0.4 is 4.57 Å². The number of carbonyl (C=O) groups excluding carboxylic acids is 2. The topological polar surface area (TPSA) is 52.2 Å². The fourth-order valence-electron chi connectivity index (χ4n) is 6.95. The summed E-state index contributed by atoms with van der Waals surface area (Å²) in [5, 5.41) is 0. The van der Waals surface area contributed by atoms with Gasteiger partial charge in [-0.1, -0.05) is 66.5 Å². The summed E-state index contributed by atoms with van der Waals surface area (Å²) in [7, 11) is 0. The molecule has 0 amide bonds. The number of ketones is 1. The number of hydrogen-bond donors (Lipinski definition) is 0. The number of carbonyl (C=O) groups is 2. The second kappa shape index (κ2) is 11.5. The fourth-order valence-corrected chi connectivity index (χ4v) is 6.95. The maximum atomic E-state index is 13.6. The quantitative estimate of drug-likeness (QED) is 0.323. The van der Waals surface area contributed by atoms with E-state index in [9.17, 15) is 9.59 Å². The minimum atomic E-state index is -0.181. The molecule has 1 aromatic heterocycles. The molecule has 0 saturated heterocycles. The number of nitrogens with zero attached hydrogens (tertiary/aromatic N) is 2. The van der Waals surface area contributed by atoms with Crippen LogP contribution in [0.1, 0.15) is 80.1 Å². The Morgan fingerprint density at radius 1 is 0.944 bits per heavy atom. The van der Waals surface area contributed by atoms with E-state index in [2.05, 4.69) is 41.5 Å². The van der Waals surface area contributed by atoms with Crippen LogP contribution in [0.25, 0.3) is 11.0 Å². The van der Waals surface area contributed by atoms with Crippen LogP contribution >= 0.6 is 0 Å². The number of rotatable bonds is 8. The van der Waals surface area contributed by atoms with Crippen LogP contribution in [-0.2, 0) is 27.4 Å². The lowest BCUT2D eigenvalue weighted by atomic mass is 9.68. The van der Waals surface area contributed by atoms with Gasteiger partial charge in [-0.15, -0.1) is 0 Å². The highest BCUT2D eigenvalue weighted by Gasteiger charge is 2.37. The van der Waals surface area contributed by atoms with E-state index in [-0.39, 0.29) is 24.5 Å². The lowest BCUT2D eigenvalue weighted by Crippen LogP contribution is -2.43. The van der Waals surface area contributed by atoms with Gasteiger partial charge in [0.05, 0.1) is 0 Å². The van der Waals surface area contributed by atoms with Gasteiger partial charge in [0.25, 0.3) is 0 Å². The van der Waals surface area contributed by atoms with Gasteiger partial charge in [-0.25, -0.2) is 13.9 Å². The van der Waals surface area contributed by atoms with Gasteiger partial charge in [-0.05, 0) is 73.3 Å². The molecule has 36 heavy (non-hydrogen) atoms. The maximum Gasteiger partial charge on any atom is 0.348 e. The largest absolute Gasteiger partial charge is 0.459 e. The van der Waals surface area contributed by atoms with E-state index >= 15 is 0 Å². The number of para-hydroxylation sites is 2. The summed E-state index contributed by atoms with van der Waals surface area (Å²) in [6.45, 7) is 14.0. The van der Waals surface area contributed by atoms with Gasteiger partial charge in [0.15, 0.2) is 23.4 Å². The first kappa shape index (κ1) is 26.9. The molecule has 5 heteroatoms. The average Bonchev–Trinajstić information content (AvgIpc) is 3.15. The Labute approximate surface area is 217 Å². The van der Waals surface area contributed by atoms with Crippen molar-refractivity contribution < 1.29 is 18.9 Å². The van der Waals surface area contributed by atoms with Gasteiger partial charge in [-0.3, -0.25) is 4.79 Å². The van der Waals surface area contributed by atoms with Crippen LogP contribution in [0.5, 0.6) is 0 Å². The zero-order valence-electron chi connectivity index (χ0n) is 23.3. The molecular formula is C31H47N2O3+. The van der Waals surface area contributed by atoms with Crippen molar-refractivity contribution in [2.45, 2.75) is 99.3 Å². The predicted octanol–water partition coefficient (Wildman–Crippen LogP) is 6.21. The zero-order valence-corrected chi connectivity index (χ0v) is 23.3. The molecule has 0 spiro atoms. The molecule has 2 saturated carbocycles. The van der Waals surface area contributed by atoms with Gasteiger partial charge in [-0.2, -0.15) is 0 Å². The third kappa shape index (κ3) is 6.03. The molecule has 1 heterocycles. The Balaban J connectivity index is 1.50. The van der Waals surface area contributed by atoms with Crippen molar-refractivity contribution in [2.75, 3.05) is 0 Å². The van der Waals surface area contributed by atoms with Crippen LogP contribution in [0.2, 0.25) is 0 Å². The van der Waals surface area contributed by atoms with E-state index in [1.807, 2.05) is 39.7 Å². The highest BCUT2D eigenvalue weighted by atomic mass is 16.5. The van der Waals surface area contributed by atoms with E-state index in [0.29, 0.717) is 47.8 Å². The first-order chi connectivity index (χ1) is 17.1. The van der Waals surface area contributed by atoms with Crippen molar-refractivity contribution in [3.63, 3.8) is 0 Å². The van der Waals surface area contributed by atoms with E-state index in [1.54, 1.807) is 0 Å². The molecule has 2 fully saturated rings. The Morgan fingerprint density at radius 2 is 1.58 bits per heavy atom. The molecule has 2 aromatic rings. The molecule has 5 nitrogen and oxygen atoms in total. The van der Waals surface area contributed by atoms with Crippen molar-refractivity contribution in [3.8, 4) is 0 Å². The molecule has 1 aromatic carbocycles. The standard InChI is InChI=1S/C31H47N2O3/c1-20(2)24-13-11-22(5)15-26(24)29(34)17-32-19-33(28-10-8-7-9-27(28)32)18-31(35)36-30-16-23(6)12-14-25(30)21(3)4/h7-10,19-26,30H,11-18H2,1-6H3/q+1/t22-,23-,24+,25-,26-,30-/m1/s1. The summed E-state index contributed by atoms with van der Waals surface area (Å²) in [6.07, 6.45) is 8.59. The number of benzene rings is 1. The van der Waals surface area contributed by atoms with Crippen molar-refractivity contribution >= 4 is 22.8 Å². The van der Waals surface area contributed by atoms with Gasteiger partial charge >= 0.3 is 5.97 Å². The van der Waals surface area contributed by atoms with E-state index in [0.717, 1.165) is 36.7 Å². The molecular weight excluding hydrogens is 448 g/mol. The van der Waals surface area contributed by atoms with Crippen LogP contribution in [0.3, 0.4) is 0 Å². The van der Waals surface area contributed by atoms with E-state index < -0.39 is 0 Å². The van der Waals surface area contributed by atoms with Gasteiger partial charge in [0, 0.05) is 5.92 Å². The molecule has 0 radical (unpaired) electrons. The SMILES string of the molecule is CC(C)[C@H]1CC[C@@H](C)C[C@H]1OC(=O)Cn1c[n+](CC(=O)[C@@H]2C[C@H](C)CC[C@H]2C(C)C)c2ccccc21. The third-order valence-electron chi connectivity index (χ3n) is 9.08. The second-order valence-electron chi connectivity index (χ2n) is 12.6. The summed E-state index contributed by atoms with van der Waals surface area (Å²) >= 11 is 0. The smallest absolute Gasteiger partial charge is 0.348 e. The van der Waals surface area contributed by atoms with Crippen LogP contribution in [-0.4, -0.2) is 22.4 Å². The third-order valence-corrected chi connectivity index (χ3v) is 9.08. The number of Topliss-reactive ketones (excluding diaryl/α,β-unsaturated/α-hetero) is 1. The normalized spacial score (nSPS) is 29.1.